The van der Waals surface area contributed by atoms with Crippen molar-refractivity contribution in [2.75, 3.05) is 7.11 Å². The van der Waals surface area contributed by atoms with Crippen molar-refractivity contribution in [1.29, 1.82) is 0 Å². The molecule has 0 fully saturated rings. The monoisotopic (exact) mass is 314 g/mol. The Bertz CT molecular complexity index is 563. The number of aromatic nitrogens is 2. The van der Waals surface area contributed by atoms with E-state index in [-0.39, 0.29) is 5.75 Å². The fraction of sp³-hybridized carbons (Fsp3) is 0.0909. The maximum absolute atomic E-state index is 9.48. The van der Waals surface area contributed by atoms with Gasteiger partial charge in [-0.25, -0.2) is 9.97 Å². The van der Waals surface area contributed by atoms with Gasteiger partial charge in [-0.3, -0.25) is 0 Å². The maximum Gasteiger partial charge on any atom is 0.161 e. The number of nitrogens with zero attached hydrogens (tertiary/aromatic N) is 2. The predicted octanol–water partition coefficient (Wildman–Crippen LogP) is 3.27. The highest BCUT2D eigenvalue weighted by Gasteiger charge is 2.08. The molecule has 2 rings (SSSR count). The number of phenolic OH excluding ortho intramolecular Hbond substituents is 1. The molecule has 0 unspecified atom stereocenters. The highest BCUT2D eigenvalue weighted by Crippen LogP contribution is 2.31. The molecule has 0 aliphatic heterocycles. The Labute approximate surface area is 111 Å². The summed E-state index contributed by atoms with van der Waals surface area (Å²) in [6.45, 7) is 0. The molecule has 0 spiro atoms. The summed E-state index contributed by atoms with van der Waals surface area (Å²) < 4.78 is 5.65. The van der Waals surface area contributed by atoms with Crippen LogP contribution in [-0.2, 0) is 0 Å². The first-order valence-corrected chi connectivity index (χ1v) is 5.84. The van der Waals surface area contributed by atoms with Crippen LogP contribution in [0.1, 0.15) is 0 Å². The van der Waals surface area contributed by atoms with Gasteiger partial charge >= 0.3 is 0 Å². The molecule has 0 amide bonds. The second-order valence-corrected chi connectivity index (χ2v) is 4.43. The second-order valence-electron chi connectivity index (χ2n) is 3.22. The van der Waals surface area contributed by atoms with Crippen LogP contribution in [0.4, 0.5) is 0 Å². The van der Waals surface area contributed by atoms with E-state index < -0.39 is 0 Å². The number of rotatable bonds is 2. The van der Waals surface area contributed by atoms with Gasteiger partial charge in [0.1, 0.15) is 5.15 Å². The summed E-state index contributed by atoms with van der Waals surface area (Å²) in [7, 11) is 1.48. The highest BCUT2D eigenvalue weighted by molar-refractivity contribution is 9.10. The molecule has 0 saturated carbocycles. The summed E-state index contributed by atoms with van der Waals surface area (Å²) in [5.41, 5.74) is 0.717. The molecule has 1 heterocycles. The average molecular weight is 316 g/mol. The largest absolute Gasteiger partial charge is 0.504 e. The molecule has 88 valence electrons. The Morgan fingerprint density at radius 1 is 1.41 bits per heavy atom. The Balaban J connectivity index is 2.49. The first-order chi connectivity index (χ1) is 8.11. The van der Waals surface area contributed by atoms with Crippen LogP contribution in [-0.4, -0.2) is 22.2 Å². The molecule has 1 N–H and O–H groups in total. The van der Waals surface area contributed by atoms with E-state index in [0.29, 0.717) is 26.8 Å². The lowest BCUT2D eigenvalue weighted by Crippen LogP contribution is -1.91. The smallest absolute Gasteiger partial charge is 0.161 e. The number of aromatic hydroxyl groups is 1. The van der Waals surface area contributed by atoms with Crippen molar-refractivity contribution < 1.29 is 9.84 Å². The molecule has 0 aliphatic carbocycles. The SMILES string of the molecule is COc1cc(-c2ncc(Br)c(Cl)n2)ccc1O. The molecule has 2 aromatic rings. The fourth-order valence-electron chi connectivity index (χ4n) is 1.30. The predicted molar refractivity (Wildman–Crippen MR) is 68.4 cm³/mol. The van der Waals surface area contributed by atoms with Gasteiger partial charge in [0.25, 0.3) is 0 Å². The summed E-state index contributed by atoms with van der Waals surface area (Å²) in [6, 6.07) is 4.86. The Hall–Kier alpha value is -1.33. The van der Waals surface area contributed by atoms with Gasteiger partial charge in [0.15, 0.2) is 17.3 Å². The first-order valence-electron chi connectivity index (χ1n) is 4.67. The van der Waals surface area contributed by atoms with Gasteiger partial charge in [-0.2, -0.15) is 0 Å². The molecule has 1 aromatic carbocycles. The van der Waals surface area contributed by atoms with Crippen LogP contribution < -0.4 is 4.74 Å². The van der Waals surface area contributed by atoms with Crippen molar-refractivity contribution in [2.24, 2.45) is 0 Å². The van der Waals surface area contributed by atoms with Crippen molar-refractivity contribution in [1.82, 2.24) is 9.97 Å². The summed E-state index contributed by atoms with van der Waals surface area (Å²) in [5, 5.41) is 9.82. The van der Waals surface area contributed by atoms with Crippen molar-refractivity contribution >= 4 is 27.5 Å². The standard InChI is InChI=1S/C11H8BrClN2O2/c1-17-9-4-6(2-3-8(9)16)11-14-5-7(12)10(13)15-11/h2-5,16H,1H3. The van der Waals surface area contributed by atoms with Crippen LogP contribution in [0.3, 0.4) is 0 Å². The quantitative estimate of drug-likeness (QED) is 0.864. The van der Waals surface area contributed by atoms with Crippen LogP contribution in [0.5, 0.6) is 11.5 Å². The van der Waals surface area contributed by atoms with Crippen molar-refractivity contribution in [3.63, 3.8) is 0 Å². The molecular formula is C11H8BrClN2O2. The molecular weight excluding hydrogens is 307 g/mol. The maximum atomic E-state index is 9.48. The third kappa shape index (κ3) is 2.50. The second kappa shape index (κ2) is 4.89. The average Bonchev–Trinajstić information content (AvgIpc) is 2.33. The third-order valence-corrected chi connectivity index (χ3v) is 3.24. The topological polar surface area (TPSA) is 55.2 Å². The Morgan fingerprint density at radius 2 is 2.18 bits per heavy atom. The number of halogens is 2. The molecule has 0 radical (unpaired) electrons. The lowest BCUT2D eigenvalue weighted by molar-refractivity contribution is 0.373. The highest BCUT2D eigenvalue weighted by atomic mass is 79.9. The van der Waals surface area contributed by atoms with Gasteiger partial charge in [0, 0.05) is 11.8 Å². The van der Waals surface area contributed by atoms with Gasteiger partial charge < -0.3 is 9.84 Å². The molecule has 0 atom stereocenters. The lowest BCUT2D eigenvalue weighted by atomic mass is 10.2. The van der Waals surface area contributed by atoms with E-state index in [1.165, 1.54) is 13.2 Å². The van der Waals surface area contributed by atoms with E-state index >= 15 is 0 Å². The van der Waals surface area contributed by atoms with E-state index in [1.807, 2.05) is 0 Å². The van der Waals surface area contributed by atoms with Crippen molar-refractivity contribution in [2.45, 2.75) is 0 Å². The minimum Gasteiger partial charge on any atom is -0.504 e. The fourth-order valence-corrected chi connectivity index (χ4v) is 1.62. The molecule has 0 bridgehead atoms. The summed E-state index contributed by atoms with van der Waals surface area (Å²) in [6.07, 6.45) is 1.57. The van der Waals surface area contributed by atoms with Crippen LogP contribution in [0, 0.1) is 0 Å². The van der Waals surface area contributed by atoms with E-state index in [0.717, 1.165) is 0 Å². The van der Waals surface area contributed by atoms with Gasteiger partial charge in [0.05, 0.1) is 11.6 Å². The molecule has 17 heavy (non-hydrogen) atoms. The van der Waals surface area contributed by atoms with E-state index in [1.54, 1.807) is 18.3 Å². The molecule has 6 heteroatoms. The van der Waals surface area contributed by atoms with E-state index in [9.17, 15) is 5.11 Å². The minimum atomic E-state index is 0.0689. The van der Waals surface area contributed by atoms with Gasteiger partial charge in [-0.1, -0.05) is 11.6 Å². The van der Waals surface area contributed by atoms with Crippen LogP contribution in [0.15, 0.2) is 28.9 Å². The molecule has 4 nitrogen and oxygen atoms in total. The number of benzene rings is 1. The van der Waals surface area contributed by atoms with Crippen LogP contribution in [0.25, 0.3) is 11.4 Å². The number of methoxy groups -OCH3 is 1. The number of ether oxygens (including phenoxy) is 1. The minimum absolute atomic E-state index is 0.0689. The number of hydrogen-bond acceptors (Lipinski definition) is 4. The summed E-state index contributed by atoms with van der Waals surface area (Å²) >= 11 is 9.11. The zero-order valence-corrected chi connectivity index (χ0v) is 11.2. The lowest BCUT2D eigenvalue weighted by Gasteiger charge is -2.06. The number of hydrogen-bond donors (Lipinski definition) is 1. The van der Waals surface area contributed by atoms with Crippen molar-refractivity contribution in [3.8, 4) is 22.9 Å². The van der Waals surface area contributed by atoms with E-state index in [4.69, 9.17) is 16.3 Å². The van der Waals surface area contributed by atoms with Gasteiger partial charge in [0.2, 0.25) is 0 Å². The van der Waals surface area contributed by atoms with E-state index in [2.05, 4.69) is 25.9 Å². The summed E-state index contributed by atoms with van der Waals surface area (Å²) in [4.78, 5) is 8.25. The molecule has 0 saturated heterocycles. The van der Waals surface area contributed by atoms with Crippen LogP contribution >= 0.6 is 27.5 Å². The van der Waals surface area contributed by atoms with Crippen LogP contribution in [0.2, 0.25) is 5.15 Å². The normalized spacial score (nSPS) is 10.3. The Kier molecular flexibility index (Phi) is 3.49. The Morgan fingerprint density at radius 3 is 2.82 bits per heavy atom. The summed E-state index contributed by atoms with van der Waals surface area (Å²) in [5.74, 6) is 0.904. The molecule has 0 aliphatic rings. The third-order valence-electron chi connectivity index (χ3n) is 2.14. The zero-order valence-electron chi connectivity index (χ0n) is 8.82. The molecule has 1 aromatic heterocycles. The zero-order chi connectivity index (χ0) is 12.4. The first kappa shape index (κ1) is 12.1. The van der Waals surface area contributed by atoms with Crippen molar-refractivity contribution in [3.05, 3.63) is 34.0 Å². The van der Waals surface area contributed by atoms with Gasteiger partial charge in [-0.05, 0) is 34.1 Å². The van der Waals surface area contributed by atoms with Gasteiger partial charge in [-0.15, -0.1) is 0 Å². The number of phenols is 1.